The van der Waals surface area contributed by atoms with Crippen molar-refractivity contribution >= 4 is 23.5 Å². The minimum absolute atomic E-state index is 0.224. The normalized spacial score (nSPS) is 10.1. The van der Waals surface area contributed by atoms with Gasteiger partial charge in [-0.1, -0.05) is 11.6 Å². The Morgan fingerprint density at radius 2 is 1.92 bits per heavy atom. The molecule has 0 unspecified atom stereocenters. The molecule has 3 amide bonds. The zero-order valence-corrected chi connectivity index (χ0v) is 15.4. The third kappa shape index (κ3) is 5.93. The number of nitrogens with one attached hydrogen (secondary N) is 2. The molecule has 1 aromatic heterocycles. The van der Waals surface area contributed by atoms with Gasteiger partial charge in [-0.3, -0.25) is 15.2 Å². The van der Waals surface area contributed by atoms with Crippen molar-refractivity contribution in [3.05, 3.63) is 58.9 Å². The molecule has 1 aromatic carbocycles. The van der Waals surface area contributed by atoms with Crippen molar-refractivity contribution in [2.45, 2.75) is 20.4 Å². The topological polar surface area (TPSA) is 83.6 Å². The molecular formula is C18H21ClN4O3. The molecule has 0 aliphatic rings. The van der Waals surface area contributed by atoms with E-state index in [1.165, 1.54) is 0 Å². The van der Waals surface area contributed by atoms with E-state index in [2.05, 4.69) is 15.8 Å². The summed E-state index contributed by atoms with van der Waals surface area (Å²) in [6.07, 6.45) is 3.33. The minimum atomic E-state index is -0.467. The van der Waals surface area contributed by atoms with Crippen molar-refractivity contribution in [3.8, 4) is 5.75 Å². The summed E-state index contributed by atoms with van der Waals surface area (Å²) in [7, 11) is 0. The van der Waals surface area contributed by atoms with Crippen LogP contribution in [-0.2, 0) is 11.3 Å². The fraction of sp³-hybridized carbons (Fsp3) is 0.278. The highest BCUT2D eigenvalue weighted by Crippen LogP contribution is 2.20. The van der Waals surface area contributed by atoms with Crippen molar-refractivity contribution in [2.75, 3.05) is 13.2 Å². The smallest absolute Gasteiger partial charge is 0.336 e. The van der Waals surface area contributed by atoms with Gasteiger partial charge >= 0.3 is 6.03 Å². The van der Waals surface area contributed by atoms with Crippen LogP contribution in [0.1, 0.15) is 18.1 Å². The van der Waals surface area contributed by atoms with Crippen molar-refractivity contribution in [1.29, 1.82) is 0 Å². The second-order valence-corrected chi connectivity index (χ2v) is 5.95. The highest BCUT2D eigenvalue weighted by atomic mass is 35.5. The van der Waals surface area contributed by atoms with Gasteiger partial charge in [0.2, 0.25) is 0 Å². The lowest BCUT2D eigenvalue weighted by Gasteiger charge is -2.21. The minimum Gasteiger partial charge on any atom is -0.484 e. The number of nitrogens with zero attached hydrogens (tertiary/aromatic N) is 2. The number of rotatable bonds is 6. The molecule has 0 saturated heterocycles. The van der Waals surface area contributed by atoms with Crippen molar-refractivity contribution in [1.82, 2.24) is 20.7 Å². The van der Waals surface area contributed by atoms with Crippen LogP contribution in [0.15, 0.2) is 42.7 Å². The van der Waals surface area contributed by atoms with E-state index in [0.29, 0.717) is 23.9 Å². The maximum absolute atomic E-state index is 12.2. The summed E-state index contributed by atoms with van der Waals surface area (Å²) < 4.78 is 5.38. The van der Waals surface area contributed by atoms with Crippen LogP contribution in [0.25, 0.3) is 0 Å². The molecule has 2 rings (SSSR count). The fourth-order valence-corrected chi connectivity index (χ4v) is 2.25. The maximum Gasteiger partial charge on any atom is 0.336 e. The largest absolute Gasteiger partial charge is 0.484 e. The number of ether oxygens (including phenoxy) is 1. The SMILES string of the molecule is CCN(Cc1ccncc1)C(=O)NNC(=O)COc1ccc(Cl)c(C)c1. The van der Waals surface area contributed by atoms with Crippen molar-refractivity contribution < 1.29 is 14.3 Å². The number of hydrazine groups is 1. The first-order valence-corrected chi connectivity index (χ1v) is 8.49. The lowest BCUT2D eigenvalue weighted by Crippen LogP contribution is -2.49. The Bertz CT molecular complexity index is 755. The van der Waals surface area contributed by atoms with Crippen molar-refractivity contribution in [2.24, 2.45) is 0 Å². The second kappa shape index (κ2) is 9.62. The van der Waals surface area contributed by atoms with Gasteiger partial charge in [-0.05, 0) is 55.3 Å². The zero-order chi connectivity index (χ0) is 18.9. The monoisotopic (exact) mass is 376 g/mol. The summed E-state index contributed by atoms with van der Waals surface area (Å²) >= 11 is 5.94. The fourth-order valence-electron chi connectivity index (χ4n) is 2.13. The number of halogens is 1. The predicted octanol–water partition coefficient (Wildman–Crippen LogP) is 2.69. The van der Waals surface area contributed by atoms with E-state index >= 15 is 0 Å². The number of amides is 3. The molecular weight excluding hydrogens is 356 g/mol. The van der Waals surface area contributed by atoms with Crippen LogP contribution in [-0.4, -0.2) is 35.0 Å². The van der Waals surface area contributed by atoms with Crippen LogP contribution >= 0.6 is 11.6 Å². The molecule has 0 saturated carbocycles. The standard InChI is InChI=1S/C18H21ClN4O3/c1-3-23(11-14-6-8-20-9-7-14)18(25)22-21-17(24)12-26-15-4-5-16(19)13(2)10-15/h4-10H,3,11-12H2,1-2H3,(H,21,24)(H,22,25). The molecule has 138 valence electrons. The summed E-state index contributed by atoms with van der Waals surface area (Å²) in [5.41, 5.74) is 6.52. The Labute approximate surface area is 157 Å². The van der Waals surface area contributed by atoms with Crippen LogP contribution in [0.3, 0.4) is 0 Å². The second-order valence-electron chi connectivity index (χ2n) is 5.55. The molecule has 0 aliphatic heterocycles. The Kier molecular flexibility index (Phi) is 7.23. The van der Waals surface area contributed by atoms with E-state index in [-0.39, 0.29) is 6.61 Å². The van der Waals surface area contributed by atoms with E-state index in [1.807, 2.05) is 26.0 Å². The van der Waals surface area contributed by atoms with E-state index in [0.717, 1.165) is 11.1 Å². The Hall–Kier alpha value is -2.80. The summed E-state index contributed by atoms with van der Waals surface area (Å²) in [5.74, 6) is 0.0622. The molecule has 7 nitrogen and oxygen atoms in total. The molecule has 0 radical (unpaired) electrons. The number of hydrogen-bond donors (Lipinski definition) is 2. The van der Waals surface area contributed by atoms with Crippen LogP contribution in [0.5, 0.6) is 5.75 Å². The Morgan fingerprint density at radius 1 is 1.19 bits per heavy atom. The number of urea groups is 1. The van der Waals surface area contributed by atoms with Gasteiger partial charge in [0.05, 0.1) is 0 Å². The molecule has 8 heteroatoms. The molecule has 0 aliphatic carbocycles. The Balaban J connectivity index is 1.77. The summed E-state index contributed by atoms with van der Waals surface area (Å²) in [4.78, 5) is 29.5. The van der Waals surface area contributed by atoms with E-state index in [4.69, 9.17) is 16.3 Å². The average Bonchev–Trinajstić information content (AvgIpc) is 2.66. The number of carbonyl (C=O) groups is 2. The molecule has 0 spiro atoms. The summed E-state index contributed by atoms with van der Waals surface area (Å²) in [6, 6.07) is 8.37. The number of aryl methyl sites for hydroxylation is 1. The van der Waals surface area contributed by atoms with Crippen LogP contribution < -0.4 is 15.6 Å². The van der Waals surface area contributed by atoms with Crippen molar-refractivity contribution in [3.63, 3.8) is 0 Å². The van der Waals surface area contributed by atoms with Gasteiger partial charge in [-0.25, -0.2) is 10.2 Å². The van der Waals surface area contributed by atoms with E-state index in [1.54, 1.807) is 35.5 Å². The number of benzene rings is 1. The van der Waals surface area contributed by atoms with Gasteiger partial charge in [-0.2, -0.15) is 0 Å². The van der Waals surface area contributed by atoms with E-state index in [9.17, 15) is 9.59 Å². The molecule has 1 heterocycles. The molecule has 0 fully saturated rings. The zero-order valence-electron chi connectivity index (χ0n) is 14.7. The van der Waals surface area contributed by atoms with Gasteiger partial charge < -0.3 is 9.64 Å². The molecule has 0 atom stereocenters. The molecule has 2 aromatic rings. The molecule has 26 heavy (non-hydrogen) atoms. The number of carbonyl (C=O) groups excluding carboxylic acids is 2. The predicted molar refractivity (Wildman–Crippen MR) is 98.7 cm³/mol. The first-order chi connectivity index (χ1) is 12.5. The quantitative estimate of drug-likeness (QED) is 0.759. The molecule has 0 bridgehead atoms. The van der Waals surface area contributed by atoms with Crippen LogP contribution in [0.2, 0.25) is 5.02 Å². The lowest BCUT2D eigenvalue weighted by atomic mass is 10.2. The van der Waals surface area contributed by atoms with Gasteiger partial charge in [0.1, 0.15) is 5.75 Å². The lowest BCUT2D eigenvalue weighted by molar-refractivity contribution is -0.123. The van der Waals surface area contributed by atoms with Crippen LogP contribution in [0, 0.1) is 6.92 Å². The number of hydrogen-bond acceptors (Lipinski definition) is 4. The third-order valence-electron chi connectivity index (χ3n) is 3.60. The summed E-state index contributed by atoms with van der Waals surface area (Å²) in [5, 5.41) is 0.628. The first kappa shape index (κ1) is 19.5. The van der Waals surface area contributed by atoms with Gasteiger partial charge in [-0.15, -0.1) is 0 Å². The maximum atomic E-state index is 12.2. The average molecular weight is 377 g/mol. The third-order valence-corrected chi connectivity index (χ3v) is 4.02. The first-order valence-electron chi connectivity index (χ1n) is 8.11. The highest BCUT2D eigenvalue weighted by Gasteiger charge is 2.13. The summed E-state index contributed by atoms with van der Waals surface area (Å²) in [6.45, 7) is 4.38. The number of pyridine rings is 1. The van der Waals surface area contributed by atoms with Gasteiger partial charge in [0.25, 0.3) is 5.91 Å². The van der Waals surface area contributed by atoms with Gasteiger partial charge in [0, 0.05) is 30.5 Å². The molecule has 2 N–H and O–H groups in total. The van der Waals surface area contributed by atoms with Gasteiger partial charge in [0.15, 0.2) is 6.61 Å². The van der Waals surface area contributed by atoms with Crippen LogP contribution in [0.4, 0.5) is 4.79 Å². The Morgan fingerprint density at radius 3 is 2.58 bits per heavy atom. The number of aromatic nitrogens is 1. The highest BCUT2D eigenvalue weighted by molar-refractivity contribution is 6.31. The van der Waals surface area contributed by atoms with E-state index < -0.39 is 11.9 Å².